The second kappa shape index (κ2) is 4.79. The fraction of sp³-hybridized carbons (Fsp3) is 0.375. The van der Waals surface area contributed by atoms with Crippen LogP contribution in [-0.2, 0) is 0 Å². The number of anilines is 1. The summed E-state index contributed by atoms with van der Waals surface area (Å²) in [6, 6.07) is 0. The molecule has 0 radical (unpaired) electrons. The molecule has 0 atom stereocenters. The van der Waals surface area contributed by atoms with E-state index in [9.17, 15) is 13.6 Å². The minimum absolute atomic E-state index is 0.212. The zero-order chi connectivity index (χ0) is 12.2. The van der Waals surface area contributed by atoms with Crippen LogP contribution in [0.25, 0.3) is 0 Å². The summed E-state index contributed by atoms with van der Waals surface area (Å²) in [6.07, 6.45) is 2.03. The average molecular weight is 233 g/mol. The highest BCUT2D eigenvalue weighted by molar-refractivity contribution is 5.92. The fourth-order valence-corrected chi connectivity index (χ4v) is 0.896. The molecule has 0 aromatic carbocycles. The van der Waals surface area contributed by atoms with Gasteiger partial charge in [-0.1, -0.05) is 0 Å². The Balaban J connectivity index is 2.78. The van der Waals surface area contributed by atoms with Crippen molar-refractivity contribution < 1.29 is 23.8 Å². The largest absolute Gasteiger partial charge is 0.477 e. The van der Waals surface area contributed by atoms with Crippen molar-refractivity contribution in [1.29, 1.82) is 0 Å². The number of nitrogens with zero attached hydrogens (tertiary/aromatic N) is 2. The van der Waals surface area contributed by atoms with Crippen molar-refractivity contribution >= 4 is 11.8 Å². The summed E-state index contributed by atoms with van der Waals surface area (Å²) in [7, 11) is 0. The van der Waals surface area contributed by atoms with Crippen LogP contribution < -0.4 is 5.32 Å². The Labute approximate surface area is 89.0 Å². The molecule has 0 amide bonds. The van der Waals surface area contributed by atoms with Crippen LogP contribution in [0.1, 0.15) is 10.4 Å². The second-order valence-electron chi connectivity index (χ2n) is 2.96. The van der Waals surface area contributed by atoms with E-state index in [1.165, 1.54) is 0 Å². The molecule has 0 unspecified atom stereocenters. The summed E-state index contributed by atoms with van der Waals surface area (Å²) in [4.78, 5) is 17.6. The lowest BCUT2D eigenvalue weighted by Crippen LogP contribution is -2.31. The lowest BCUT2D eigenvalue weighted by atomic mass is 10.3. The second-order valence-corrected chi connectivity index (χ2v) is 2.96. The van der Waals surface area contributed by atoms with Crippen LogP contribution in [0.5, 0.6) is 0 Å². The molecule has 3 N–H and O–H groups in total. The van der Waals surface area contributed by atoms with Gasteiger partial charge in [0.05, 0.1) is 6.54 Å². The summed E-state index contributed by atoms with van der Waals surface area (Å²) < 4.78 is 25.3. The van der Waals surface area contributed by atoms with E-state index >= 15 is 0 Å². The van der Waals surface area contributed by atoms with Gasteiger partial charge in [0.1, 0.15) is 24.3 Å². The molecule has 88 valence electrons. The van der Waals surface area contributed by atoms with Gasteiger partial charge in [0, 0.05) is 6.20 Å². The van der Waals surface area contributed by atoms with Crippen LogP contribution in [0.2, 0.25) is 0 Å². The molecule has 1 aromatic heterocycles. The maximum Gasteiger partial charge on any atom is 0.341 e. The Morgan fingerprint density at radius 1 is 1.56 bits per heavy atom. The lowest BCUT2D eigenvalue weighted by molar-refractivity contribution is -0.0373. The Morgan fingerprint density at radius 2 is 2.25 bits per heavy atom. The number of carboxylic acid groups (broad SMARTS) is 1. The first-order chi connectivity index (χ1) is 7.46. The molecule has 1 aromatic rings. The average Bonchev–Trinajstić information content (AvgIpc) is 2.27. The van der Waals surface area contributed by atoms with E-state index in [-0.39, 0.29) is 11.4 Å². The highest BCUT2D eigenvalue weighted by atomic mass is 19.3. The molecule has 0 spiro atoms. The number of aliphatic hydroxyl groups excluding tert-OH is 1. The van der Waals surface area contributed by atoms with Crippen molar-refractivity contribution in [3.05, 3.63) is 18.1 Å². The van der Waals surface area contributed by atoms with Gasteiger partial charge in [-0.05, 0) is 0 Å². The van der Waals surface area contributed by atoms with Crippen molar-refractivity contribution in [2.24, 2.45) is 0 Å². The predicted molar refractivity (Wildman–Crippen MR) is 49.5 cm³/mol. The maximum atomic E-state index is 12.7. The Hall–Kier alpha value is -1.83. The highest BCUT2D eigenvalue weighted by Crippen LogP contribution is 2.15. The number of carboxylic acids is 1. The highest BCUT2D eigenvalue weighted by Gasteiger charge is 2.28. The molecule has 0 saturated carbocycles. The summed E-state index contributed by atoms with van der Waals surface area (Å²) in [5, 5.41) is 19.2. The van der Waals surface area contributed by atoms with Crippen LogP contribution in [-0.4, -0.2) is 45.2 Å². The van der Waals surface area contributed by atoms with Gasteiger partial charge in [-0.25, -0.2) is 23.5 Å². The summed E-state index contributed by atoms with van der Waals surface area (Å²) >= 11 is 0. The zero-order valence-corrected chi connectivity index (χ0v) is 8.02. The number of alkyl halides is 2. The van der Waals surface area contributed by atoms with E-state index in [0.717, 1.165) is 12.5 Å². The number of rotatable bonds is 5. The quantitative estimate of drug-likeness (QED) is 0.673. The number of hydrogen-bond donors (Lipinski definition) is 3. The Morgan fingerprint density at radius 3 is 2.81 bits per heavy atom. The van der Waals surface area contributed by atoms with E-state index < -0.39 is 25.0 Å². The van der Waals surface area contributed by atoms with Gasteiger partial charge in [0.15, 0.2) is 0 Å². The molecule has 0 bridgehead atoms. The first-order valence-electron chi connectivity index (χ1n) is 4.22. The minimum atomic E-state index is -3.33. The van der Waals surface area contributed by atoms with Crippen LogP contribution in [0.15, 0.2) is 12.5 Å². The normalized spacial score (nSPS) is 11.2. The number of hydrogen-bond acceptors (Lipinski definition) is 5. The number of carbonyl (C=O) groups is 1. The molecule has 0 aliphatic carbocycles. The SMILES string of the molecule is O=C(O)c1cncnc1NCC(F)(F)CO. The fourth-order valence-electron chi connectivity index (χ4n) is 0.896. The summed E-state index contributed by atoms with van der Waals surface area (Å²) in [5.74, 6) is -4.87. The summed E-state index contributed by atoms with van der Waals surface area (Å²) in [6.45, 7) is -2.23. The molecule has 6 nitrogen and oxygen atoms in total. The number of halogens is 2. The van der Waals surface area contributed by atoms with E-state index in [1.807, 2.05) is 0 Å². The third-order valence-corrected chi connectivity index (χ3v) is 1.69. The van der Waals surface area contributed by atoms with Gasteiger partial charge in [-0.2, -0.15) is 0 Å². The molecule has 0 aliphatic heterocycles. The smallest absolute Gasteiger partial charge is 0.341 e. The monoisotopic (exact) mass is 233 g/mol. The first-order valence-corrected chi connectivity index (χ1v) is 4.22. The predicted octanol–water partition coefficient (Wildman–Crippen LogP) is 0.214. The van der Waals surface area contributed by atoms with Crippen LogP contribution >= 0.6 is 0 Å². The van der Waals surface area contributed by atoms with Gasteiger partial charge in [-0.3, -0.25) is 0 Å². The molecular weight excluding hydrogens is 224 g/mol. The number of aromatic carboxylic acids is 1. The molecule has 1 rings (SSSR count). The maximum absolute atomic E-state index is 12.7. The Bertz CT molecular complexity index is 387. The number of aliphatic hydroxyl groups is 1. The van der Waals surface area contributed by atoms with Gasteiger partial charge in [0.2, 0.25) is 0 Å². The summed E-state index contributed by atoms with van der Waals surface area (Å²) in [5.41, 5.74) is -0.309. The molecule has 0 fully saturated rings. The van der Waals surface area contributed by atoms with Crippen LogP contribution in [0.3, 0.4) is 0 Å². The number of aromatic nitrogens is 2. The first kappa shape index (κ1) is 12.2. The van der Waals surface area contributed by atoms with Gasteiger partial charge in [-0.15, -0.1) is 0 Å². The minimum Gasteiger partial charge on any atom is -0.477 e. The van der Waals surface area contributed by atoms with Crippen molar-refractivity contribution in [3.8, 4) is 0 Å². The zero-order valence-electron chi connectivity index (χ0n) is 8.02. The molecule has 16 heavy (non-hydrogen) atoms. The van der Waals surface area contributed by atoms with E-state index in [0.29, 0.717) is 0 Å². The third kappa shape index (κ3) is 3.09. The topological polar surface area (TPSA) is 95.3 Å². The molecule has 1 heterocycles. The Kier molecular flexibility index (Phi) is 3.67. The third-order valence-electron chi connectivity index (χ3n) is 1.69. The molecule has 8 heteroatoms. The van der Waals surface area contributed by atoms with Crippen molar-refractivity contribution in [3.63, 3.8) is 0 Å². The van der Waals surface area contributed by atoms with Crippen molar-refractivity contribution in [1.82, 2.24) is 9.97 Å². The van der Waals surface area contributed by atoms with Crippen LogP contribution in [0, 0.1) is 0 Å². The van der Waals surface area contributed by atoms with Crippen molar-refractivity contribution in [2.45, 2.75) is 5.92 Å². The lowest BCUT2D eigenvalue weighted by Gasteiger charge is -2.14. The van der Waals surface area contributed by atoms with Gasteiger partial charge < -0.3 is 15.5 Å². The van der Waals surface area contributed by atoms with Crippen LogP contribution in [0.4, 0.5) is 14.6 Å². The van der Waals surface area contributed by atoms with E-state index in [4.69, 9.17) is 10.2 Å². The van der Waals surface area contributed by atoms with E-state index in [2.05, 4.69) is 15.3 Å². The van der Waals surface area contributed by atoms with E-state index in [1.54, 1.807) is 0 Å². The van der Waals surface area contributed by atoms with Gasteiger partial charge in [0.25, 0.3) is 5.92 Å². The van der Waals surface area contributed by atoms with Gasteiger partial charge >= 0.3 is 5.97 Å². The number of nitrogens with one attached hydrogen (secondary N) is 1. The van der Waals surface area contributed by atoms with Crippen molar-refractivity contribution in [2.75, 3.05) is 18.5 Å². The molecule has 0 aliphatic rings. The molecule has 0 saturated heterocycles. The molecular formula is C8H9F2N3O3. The standard InChI is InChI=1S/C8H9F2N3O3/c9-8(10,3-14)2-12-6-5(7(15)16)1-11-4-13-6/h1,4,14H,2-3H2,(H,15,16)(H,11,12,13).